The van der Waals surface area contributed by atoms with Crippen LogP contribution in [-0.2, 0) is 9.59 Å². The minimum absolute atomic E-state index is 0.261. The first-order chi connectivity index (χ1) is 7.56. The second kappa shape index (κ2) is 4.41. The summed E-state index contributed by atoms with van der Waals surface area (Å²) in [7, 11) is 0. The predicted octanol–water partition coefficient (Wildman–Crippen LogP) is 0.189. The van der Waals surface area contributed by atoms with Gasteiger partial charge in [-0.1, -0.05) is 0 Å². The highest BCUT2D eigenvalue weighted by Gasteiger charge is 2.41. The molecule has 5 nitrogen and oxygen atoms in total. The number of nitrogens with zero attached hydrogens (tertiary/aromatic N) is 1. The van der Waals surface area contributed by atoms with Crippen LogP contribution in [-0.4, -0.2) is 40.5 Å². The van der Waals surface area contributed by atoms with Gasteiger partial charge in [-0.3, -0.25) is 14.5 Å². The Labute approximate surface area is 94.6 Å². The molecule has 5 heteroatoms. The molecule has 3 N–H and O–H groups in total. The van der Waals surface area contributed by atoms with Crippen molar-refractivity contribution in [2.24, 2.45) is 11.7 Å². The zero-order valence-corrected chi connectivity index (χ0v) is 9.26. The number of carboxylic acid groups (broad SMARTS) is 1. The Morgan fingerprint density at radius 2 is 1.81 bits per heavy atom. The number of carbonyl (C=O) groups is 2. The van der Waals surface area contributed by atoms with E-state index in [0.29, 0.717) is 18.6 Å². The van der Waals surface area contributed by atoms with E-state index in [1.54, 1.807) is 0 Å². The molecule has 2 atom stereocenters. The fourth-order valence-corrected chi connectivity index (χ4v) is 3.24. The van der Waals surface area contributed by atoms with Gasteiger partial charge in [0.2, 0.25) is 5.91 Å². The number of rotatable bonds is 4. The van der Waals surface area contributed by atoms with E-state index in [1.165, 1.54) is 0 Å². The van der Waals surface area contributed by atoms with Crippen molar-refractivity contribution in [1.82, 2.24) is 4.90 Å². The average Bonchev–Trinajstić information content (AvgIpc) is 2.43. The number of amides is 1. The molecule has 2 rings (SSSR count). The van der Waals surface area contributed by atoms with Crippen molar-refractivity contribution >= 4 is 11.9 Å². The number of hydrogen-bond acceptors (Lipinski definition) is 3. The summed E-state index contributed by atoms with van der Waals surface area (Å²) in [4.78, 5) is 23.8. The molecule has 1 amide bonds. The average molecular weight is 226 g/mol. The molecular weight excluding hydrogens is 208 g/mol. The lowest BCUT2D eigenvalue weighted by Gasteiger charge is -2.37. The topological polar surface area (TPSA) is 83.6 Å². The molecule has 90 valence electrons. The van der Waals surface area contributed by atoms with E-state index in [1.807, 2.05) is 0 Å². The molecule has 2 heterocycles. The third-order valence-electron chi connectivity index (χ3n) is 3.78. The largest absolute Gasteiger partial charge is 0.481 e. The van der Waals surface area contributed by atoms with Crippen LogP contribution in [0.1, 0.15) is 32.1 Å². The molecule has 0 radical (unpaired) electrons. The SMILES string of the molecule is NC(=O)CN1C2CCC1CC(CC(=O)O)C2. The minimum atomic E-state index is -0.715. The van der Waals surface area contributed by atoms with Crippen molar-refractivity contribution in [2.45, 2.75) is 44.2 Å². The predicted molar refractivity (Wildman–Crippen MR) is 57.7 cm³/mol. The van der Waals surface area contributed by atoms with Gasteiger partial charge in [0.05, 0.1) is 6.54 Å². The van der Waals surface area contributed by atoms with Crippen molar-refractivity contribution in [3.63, 3.8) is 0 Å². The second-order valence-corrected chi connectivity index (χ2v) is 4.96. The number of nitrogens with two attached hydrogens (primary N) is 1. The molecule has 2 aliphatic heterocycles. The summed E-state index contributed by atoms with van der Waals surface area (Å²) in [5, 5.41) is 8.78. The highest BCUT2D eigenvalue weighted by molar-refractivity contribution is 5.76. The van der Waals surface area contributed by atoms with Crippen molar-refractivity contribution in [2.75, 3.05) is 6.54 Å². The van der Waals surface area contributed by atoms with E-state index in [-0.39, 0.29) is 18.2 Å². The summed E-state index contributed by atoms with van der Waals surface area (Å²) >= 11 is 0. The molecule has 16 heavy (non-hydrogen) atoms. The molecule has 0 aromatic heterocycles. The van der Waals surface area contributed by atoms with Gasteiger partial charge in [-0.2, -0.15) is 0 Å². The van der Waals surface area contributed by atoms with Crippen LogP contribution in [0.3, 0.4) is 0 Å². The van der Waals surface area contributed by atoms with Crippen LogP contribution in [0.4, 0.5) is 0 Å². The maximum absolute atomic E-state index is 10.9. The van der Waals surface area contributed by atoms with Crippen LogP contribution in [0, 0.1) is 5.92 Å². The Balaban J connectivity index is 1.95. The number of carboxylic acids is 1. The van der Waals surface area contributed by atoms with Crippen LogP contribution in [0.15, 0.2) is 0 Å². The summed E-state index contributed by atoms with van der Waals surface area (Å²) in [6.45, 7) is 0.328. The van der Waals surface area contributed by atoms with Gasteiger partial charge in [-0.05, 0) is 31.6 Å². The zero-order chi connectivity index (χ0) is 11.7. The lowest BCUT2D eigenvalue weighted by molar-refractivity contribution is -0.139. The van der Waals surface area contributed by atoms with E-state index in [0.717, 1.165) is 25.7 Å². The van der Waals surface area contributed by atoms with E-state index < -0.39 is 5.97 Å². The van der Waals surface area contributed by atoms with Gasteiger partial charge in [-0.25, -0.2) is 0 Å². The summed E-state index contributed by atoms with van der Waals surface area (Å²) in [6.07, 6.45) is 4.21. The van der Waals surface area contributed by atoms with Gasteiger partial charge < -0.3 is 10.8 Å². The summed E-state index contributed by atoms with van der Waals surface area (Å²) in [5.74, 6) is -0.722. The first-order valence-corrected chi connectivity index (χ1v) is 5.82. The number of hydrogen-bond donors (Lipinski definition) is 2. The van der Waals surface area contributed by atoms with E-state index in [2.05, 4.69) is 4.90 Å². The maximum Gasteiger partial charge on any atom is 0.303 e. The molecule has 0 aromatic carbocycles. The van der Waals surface area contributed by atoms with E-state index in [9.17, 15) is 9.59 Å². The first kappa shape index (κ1) is 11.4. The molecule has 2 bridgehead atoms. The van der Waals surface area contributed by atoms with Crippen molar-refractivity contribution in [1.29, 1.82) is 0 Å². The Morgan fingerprint density at radius 3 is 2.25 bits per heavy atom. The third-order valence-corrected chi connectivity index (χ3v) is 3.78. The Hall–Kier alpha value is -1.10. The zero-order valence-electron chi connectivity index (χ0n) is 9.26. The molecule has 2 unspecified atom stereocenters. The van der Waals surface area contributed by atoms with Gasteiger partial charge in [-0.15, -0.1) is 0 Å². The van der Waals surface area contributed by atoms with Gasteiger partial charge >= 0.3 is 5.97 Å². The monoisotopic (exact) mass is 226 g/mol. The Kier molecular flexibility index (Phi) is 3.14. The summed E-state index contributed by atoms with van der Waals surface area (Å²) in [6, 6.07) is 0.742. The quantitative estimate of drug-likeness (QED) is 0.716. The normalized spacial score (nSPS) is 33.9. The highest BCUT2D eigenvalue weighted by atomic mass is 16.4. The van der Waals surface area contributed by atoms with Crippen molar-refractivity contribution < 1.29 is 14.7 Å². The summed E-state index contributed by atoms with van der Waals surface area (Å²) < 4.78 is 0. The fraction of sp³-hybridized carbons (Fsp3) is 0.818. The molecule has 0 aromatic rings. The van der Waals surface area contributed by atoms with Gasteiger partial charge in [0.1, 0.15) is 0 Å². The number of piperidine rings is 1. The lowest BCUT2D eigenvalue weighted by Crippen LogP contribution is -2.47. The van der Waals surface area contributed by atoms with Gasteiger partial charge in [0, 0.05) is 18.5 Å². The standard InChI is InChI=1S/C11H18N2O3/c12-10(14)6-13-8-1-2-9(13)4-7(3-8)5-11(15)16/h7-9H,1-6H2,(H2,12,14)(H,15,16). The van der Waals surface area contributed by atoms with Gasteiger partial charge in [0.15, 0.2) is 0 Å². The molecule has 2 saturated heterocycles. The maximum atomic E-state index is 10.9. The molecule has 2 aliphatic rings. The molecule has 0 aliphatic carbocycles. The molecule has 0 spiro atoms. The Bertz CT molecular complexity index is 292. The van der Waals surface area contributed by atoms with E-state index in [4.69, 9.17) is 10.8 Å². The van der Waals surface area contributed by atoms with E-state index >= 15 is 0 Å². The number of carbonyl (C=O) groups excluding carboxylic acids is 1. The van der Waals surface area contributed by atoms with Crippen LogP contribution < -0.4 is 5.73 Å². The molecular formula is C11H18N2O3. The Morgan fingerprint density at radius 1 is 1.25 bits per heavy atom. The number of fused-ring (bicyclic) bond motifs is 2. The van der Waals surface area contributed by atoms with Crippen LogP contribution in [0.2, 0.25) is 0 Å². The lowest BCUT2D eigenvalue weighted by atomic mass is 9.88. The van der Waals surface area contributed by atoms with Crippen LogP contribution in [0.25, 0.3) is 0 Å². The van der Waals surface area contributed by atoms with Crippen molar-refractivity contribution in [3.8, 4) is 0 Å². The highest BCUT2D eigenvalue weighted by Crippen LogP contribution is 2.39. The minimum Gasteiger partial charge on any atom is -0.481 e. The van der Waals surface area contributed by atoms with Crippen molar-refractivity contribution in [3.05, 3.63) is 0 Å². The number of primary amides is 1. The van der Waals surface area contributed by atoms with Gasteiger partial charge in [0.25, 0.3) is 0 Å². The molecule has 2 fully saturated rings. The number of aliphatic carboxylic acids is 1. The first-order valence-electron chi connectivity index (χ1n) is 5.82. The third kappa shape index (κ3) is 2.35. The smallest absolute Gasteiger partial charge is 0.303 e. The summed E-state index contributed by atoms with van der Waals surface area (Å²) in [5.41, 5.74) is 5.22. The fourth-order valence-electron chi connectivity index (χ4n) is 3.24. The molecule has 0 saturated carbocycles. The van der Waals surface area contributed by atoms with Crippen LogP contribution in [0.5, 0.6) is 0 Å². The van der Waals surface area contributed by atoms with Crippen LogP contribution >= 0.6 is 0 Å². The second-order valence-electron chi connectivity index (χ2n) is 4.96.